The highest BCUT2D eigenvalue weighted by atomic mass is 79.9. The van der Waals surface area contributed by atoms with E-state index in [9.17, 15) is 4.79 Å². The summed E-state index contributed by atoms with van der Waals surface area (Å²) in [6.07, 6.45) is 0. The molecule has 1 amide bonds. The van der Waals surface area contributed by atoms with E-state index in [-0.39, 0.29) is 5.91 Å². The number of hydrogen-bond acceptors (Lipinski definition) is 3. The molecule has 0 saturated carbocycles. The van der Waals surface area contributed by atoms with Crippen molar-refractivity contribution in [1.82, 2.24) is 0 Å². The molecule has 1 N–H and O–H groups in total. The number of anilines is 2. The first-order chi connectivity index (χ1) is 9.38. The van der Waals surface area contributed by atoms with E-state index in [0.717, 1.165) is 26.3 Å². The fourth-order valence-electron chi connectivity index (χ4n) is 1.82. The lowest BCUT2D eigenvalue weighted by Crippen LogP contribution is -2.12. The van der Waals surface area contributed by atoms with Crippen LogP contribution in [0.4, 0.5) is 11.4 Å². The Labute approximate surface area is 131 Å². The van der Waals surface area contributed by atoms with E-state index >= 15 is 0 Å². The maximum atomic E-state index is 12.2. The smallest absolute Gasteiger partial charge is 0.265 e. The van der Waals surface area contributed by atoms with Gasteiger partial charge in [0.1, 0.15) is 0 Å². The number of nitrogens with one attached hydrogen (secondary N) is 1. The number of halogens is 1. The second kappa shape index (κ2) is 5.97. The van der Waals surface area contributed by atoms with Crippen LogP contribution in [0.5, 0.6) is 0 Å². The number of nitrogens with zero attached hydrogens (tertiary/aromatic N) is 1. The van der Waals surface area contributed by atoms with Gasteiger partial charge in [-0.25, -0.2) is 0 Å². The van der Waals surface area contributed by atoms with Crippen LogP contribution >= 0.6 is 27.3 Å². The number of rotatable bonds is 3. The molecule has 0 saturated heterocycles. The van der Waals surface area contributed by atoms with Crippen molar-refractivity contribution in [1.29, 1.82) is 0 Å². The minimum atomic E-state index is -0.0653. The average molecular weight is 353 g/mol. The number of amides is 1. The molecular weight excluding hydrogens is 336 g/mol. The number of carbonyl (C=O) groups is 1. The van der Waals surface area contributed by atoms with E-state index in [1.807, 2.05) is 51.0 Å². The first-order valence-electron chi connectivity index (χ1n) is 6.23. The molecular formula is C15H17BrN2OS. The summed E-state index contributed by atoms with van der Waals surface area (Å²) in [6.45, 7) is 3.98. The summed E-state index contributed by atoms with van der Waals surface area (Å²) in [6, 6.07) is 7.90. The van der Waals surface area contributed by atoms with Gasteiger partial charge < -0.3 is 10.2 Å². The quantitative estimate of drug-likeness (QED) is 0.884. The SMILES string of the molecule is Cc1cc(N(C)C)ccc1NC(=O)c1cc(C)c(Br)s1. The number of benzene rings is 1. The molecule has 0 aliphatic heterocycles. The zero-order valence-electron chi connectivity index (χ0n) is 12.0. The van der Waals surface area contributed by atoms with Crippen molar-refractivity contribution < 1.29 is 4.79 Å². The monoisotopic (exact) mass is 352 g/mol. The van der Waals surface area contributed by atoms with Crippen LogP contribution in [0.2, 0.25) is 0 Å². The first-order valence-corrected chi connectivity index (χ1v) is 7.84. The number of hydrogen-bond donors (Lipinski definition) is 1. The maximum Gasteiger partial charge on any atom is 0.265 e. The Morgan fingerprint density at radius 2 is 1.90 bits per heavy atom. The van der Waals surface area contributed by atoms with Gasteiger partial charge in [0.05, 0.1) is 8.66 Å². The highest BCUT2D eigenvalue weighted by molar-refractivity contribution is 9.11. The molecule has 1 aromatic heterocycles. The van der Waals surface area contributed by atoms with Crippen LogP contribution < -0.4 is 10.2 Å². The third-order valence-corrected chi connectivity index (χ3v) is 5.19. The Hall–Kier alpha value is -1.33. The van der Waals surface area contributed by atoms with Gasteiger partial charge in [0, 0.05) is 25.5 Å². The van der Waals surface area contributed by atoms with Crippen molar-refractivity contribution in [2.75, 3.05) is 24.3 Å². The lowest BCUT2D eigenvalue weighted by Gasteiger charge is -2.15. The standard InChI is InChI=1S/C15H17BrN2OS/c1-9-7-11(18(3)4)5-6-12(9)17-15(19)13-8-10(2)14(16)20-13/h5-8H,1-4H3,(H,17,19). The second-order valence-corrected chi connectivity index (χ2v) is 7.29. The van der Waals surface area contributed by atoms with Gasteiger partial charge in [0.15, 0.2) is 0 Å². The molecule has 1 heterocycles. The molecule has 3 nitrogen and oxygen atoms in total. The number of carbonyl (C=O) groups excluding carboxylic acids is 1. The zero-order valence-corrected chi connectivity index (χ0v) is 14.4. The molecule has 0 fully saturated rings. The summed E-state index contributed by atoms with van der Waals surface area (Å²) in [5, 5.41) is 2.97. The first kappa shape index (κ1) is 15.1. The highest BCUT2D eigenvalue weighted by Gasteiger charge is 2.12. The summed E-state index contributed by atoms with van der Waals surface area (Å²) >= 11 is 4.89. The largest absolute Gasteiger partial charge is 0.378 e. The number of aryl methyl sites for hydroxylation is 2. The summed E-state index contributed by atoms with van der Waals surface area (Å²) in [5.41, 5.74) is 4.11. The Balaban J connectivity index is 2.19. The van der Waals surface area contributed by atoms with Crippen LogP contribution in [0.1, 0.15) is 20.8 Å². The molecule has 0 unspecified atom stereocenters. The maximum absolute atomic E-state index is 12.2. The minimum Gasteiger partial charge on any atom is -0.378 e. The number of thiophene rings is 1. The Kier molecular flexibility index (Phi) is 4.50. The summed E-state index contributed by atoms with van der Waals surface area (Å²) in [5.74, 6) is -0.0653. The van der Waals surface area contributed by atoms with Crippen LogP contribution in [0.15, 0.2) is 28.1 Å². The van der Waals surface area contributed by atoms with Crippen LogP contribution in [-0.4, -0.2) is 20.0 Å². The molecule has 5 heteroatoms. The normalized spacial score (nSPS) is 10.4. The third-order valence-electron chi connectivity index (χ3n) is 3.06. The average Bonchev–Trinajstić information content (AvgIpc) is 2.72. The van der Waals surface area contributed by atoms with E-state index < -0.39 is 0 Å². The van der Waals surface area contributed by atoms with Crippen molar-refractivity contribution >= 4 is 44.5 Å². The molecule has 0 aliphatic rings. The van der Waals surface area contributed by atoms with E-state index in [0.29, 0.717) is 4.88 Å². The van der Waals surface area contributed by atoms with E-state index in [1.54, 1.807) is 0 Å². The van der Waals surface area contributed by atoms with Gasteiger partial charge >= 0.3 is 0 Å². The van der Waals surface area contributed by atoms with Gasteiger partial charge in [-0.3, -0.25) is 4.79 Å². The predicted octanol–water partition coefficient (Wildman–Crippen LogP) is 4.45. The minimum absolute atomic E-state index is 0.0653. The molecule has 0 spiro atoms. The van der Waals surface area contributed by atoms with Crippen molar-refractivity contribution in [3.05, 3.63) is 44.1 Å². The van der Waals surface area contributed by atoms with Crippen LogP contribution in [-0.2, 0) is 0 Å². The summed E-state index contributed by atoms with van der Waals surface area (Å²) in [4.78, 5) is 15.0. The lowest BCUT2D eigenvalue weighted by molar-refractivity contribution is 0.103. The fourth-order valence-corrected chi connectivity index (χ4v) is 3.25. The van der Waals surface area contributed by atoms with Crippen LogP contribution in [0.3, 0.4) is 0 Å². The van der Waals surface area contributed by atoms with Gasteiger partial charge in [0.25, 0.3) is 5.91 Å². The molecule has 106 valence electrons. The predicted molar refractivity (Wildman–Crippen MR) is 90.2 cm³/mol. The fraction of sp³-hybridized carbons (Fsp3) is 0.267. The van der Waals surface area contributed by atoms with Gasteiger partial charge in [0.2, 0.25) is 0 Å². The van der Waals surface area contributed by atoms with Gasteiger partial charge in [-0.15, -0.1) is 11.3 Å². The van der Waals surface area contributed by atoms with Crippen molar-refractivity contribution in [3.63, 3.8) is 0 Å². The summed E-state index contributed by atoms with van der Waals surface area (Å²) in [7, 11) is 4.00. The second-order valence-electron chi connectivity index (χ2n) is 4.92. The van der Waals surface area contributed by atoms with E-state index in [1.165, 1.54) is 11.3 Å². The highest BCUT2D eigenvalue weighted by Crippen LogP contribution is 2.28. The summed E-state index contributed by atoms with van der Waals surface area (Å²) < 4.78 is 1.00. The van der Waals surface area contributed by atoms with Gasteiger partial charge in [-0.05, 0) is 65.2 Å². The molecule has 1 aromatic carbocycles. The molecule has 20 heavy (non-hydrogen) atoms. The van der Waals surface area contributed by atoms with Crippen molar-refractivity contribution in [3.8, 4) is 0 Å². The zero-order chi connectivity index (χ0) is 14.9. The molecule has 0 radical (unpaired) electrons. The Morgan fingerprint density at radius 1 is 1.20 bits per heavy atom. The van der Waals surface area contributed by atoms with E-state index in [2.05, 4.69) is 27.3 Å². The Bertz CT molecular complexity index is 630. The van der Waals surface area contributed by atoms with Crippen LogP contribution in [0, 0.1) is 13.8 Å². The van der Waals surface area contributed by atoms with Gasteiger partial charge in [-0.1, -0.05) is 0 Å². The van der Waals surface area contributed by atoms with Crippen LogP contribution in [0.25, 0.3) is 0 Å². The molecule has 0 bridgehead atoms. The van der Waals surface area contributed by atoms with Crippen molar-refractivity contribution in [2.24, 2.45) is 0 Å². The lowest BCUT2D eigenvalue weighted by atomic mass is 10.1. The molecule has 0 atom stereocenters. The van der Waals surface area contributed by atoms with Crippen molar-refractivity contribution in [2.45, 2.75) is 13.8 Å². The topological polar surface area (TPSA) is 32.3 Å². The molecule has 0 aliphatic carbocycles. The Morgan fingerprint density at radius 3 is 2.40 bits per heavy atom. The molecule has 2 rings (SSSR count). The van der Waals surface area contributed by atoms with Gasteiger partial charge in [-0.2, -0.15) is 0 Å². The molecule has 2 aromatic rings. The third kappa shape index (κ3) is 3.22. The van der Waals surface area contributed by atoms with E-state index in [4.69, 9.17) is 0 Å².